The highest BCUT2D eigenvalue weighted by Gasteiger charge is 1.99. The van der Waals surface area contributed by atoms with Gasteiger partial charge >= 0.3 is 17.9 Å². The molecule has 0 saturated carbocycles. The van der Waals surface area contributed by atoms with Gasteiger partial charge in [-0.15, -0.1) is 0 Å². The fourth-order valence-corrected chi connectivity index (χ4v) is 2.76. The van der Waals surface area contributed by atoms with Crippen LogP contribution in [0, 0.1) is 0 Å². The van der Waals surface area contributed by atoms with Crippen LogP contribution < -0.4 is 0 Å². The summed E-state index contributed by atoms with van der Waals surface area (Å²) in [5.74, 6) is -1.32. The van der Waals surface area contributed by atoms with Crippen molar-refractivity contribution < 1.29 is 28.6 Å². The van der Waals surface area contributed by atoms with Gasteiger partial charge in [0, 0.05) is 18.6 Å². The Morgan fingerprint density at radius 3 is 1.56 bits per heavy atom. The summed E-state index contributed by atoms with van der Waals surface area (Å²) in [4.78, 5) is 31.7. The van der Waals surface area contributed by atoms with Crippen molar-refractivity contribution in [1.29, 1.82) is 0 Å². The van der Waals surface area contributed by atoms with Gasteiger partial charge in [-0.05, 0) is 32.1 Å². The number of ether oxygens (including phenoxy) is 3. The summed E-state index contributed by atoms with van der Waals surface area (Å²) in [5, 5.41) is 0. The number of unbranched alkanes of at least 4 members (excludes halogenated alkanes) is 11. The van der Waals surface area contributed by atoms with Gasteiger partial charge in [0.15, 0.2) is 0 Å². The molecule has 0 unspecified atom stereocenters. The highest BCUT2D eigenvalue weighted by Crippen LogP contribution is 2.10. The van der Waals surface area contributed by atoms with E-state index in [-0.39, 0.29) is 5.97 Å². The average Bonchev–Trinajstić information content (AvgIpc) is 2.80. The molecule has 0 bridgehead atoms. The first kappa shape index (κ1) is 31.8. The Labute approximate surface area is 195 Å². The zero-order valence-electron chi connectivity index (χ0n) is 20.4. The number of carbonyl (C=O) groups excluding carboxylic acids is 3. The molecule has 0 spiro atoms. The Kier molecular flexibility index (Phi) is 26.5. The highest BCUT2D eigenvalue weighted by molar-refractivity contribution is 5.91. The number of methoxy groups -OCH3 is 2. The third-order valence-corrected chi connectivity index (χ3v) is 4.62. The van der Waals surface area contributed by atoms with E-state index in [4.69, 9.17) is 0 Å². The first-order valence-electron chi connectivity index (χ1n) is 11.8. The lowest BCUT2D eigenvalue weighted by Crippen LogP contribution is -1.98. The van der Waals surface area contributed by atoms with Gasteiger partial charge in [0.1, 0.15) is 0 Å². The molecule has 0 rings (SSSR count). The largest absolute Gasteiger partial charge is 0.466 e. The molecule has 0 aromatic heterocycles. The predicted molar refractivity (Wildman–Crippen MR) is 129 cm³/mol. The van der Waals surface area contributed by atoms with E-state index in [2.05, 4.69) is 39.9 Å². The van der Waals surface area contributed by atoms with Gasteiger partial charge in [-0.3, -0.25) is 4.79 Å². The van der Waals surface area contributed by atoms with Gasteiger partial charge in [-0.25, -0.2) is 9.59 Å². The smallest absolute Gasteiger partial charge is 0.330 e. The summed E-state index contributed by atoms with van der Waals surface area (Å²) in [7, 11) is 2.45. The molecule has 0 aliphatic rings. The molecule has 0 amide bonds. The predicted octanol–water partition coefficient (Wildman–Crippen LogP) is 6.60. The average molecular weight is 453 g/mol. The summed E-state index contributed by atoms with van der Waals surface area (Å²) in [6, 6.07) is 0. The molecule has 6 heteroatoms. The van der Waals surface area contributed by atoms with Crippen molar-refractivity contribution in [1.82, 2.24) is 0 Å². The Bertz CT molecular complexity index is 518. The molecular formula is C26H44O6. The second-order valence-electron chi connectivity index (χ2n) is 7.37. The van der Waals surface area contributed by atoms with E-state index in [1.807, 2.05) is 0 Å². The van der Waals surface area contributed by atoms with Gasteiger partial charge in [0.05, 0.1) is 20.5 Å². The van der Waals surface area contributed by atoms with Crippen LogP contribution in [0.1, 0.15) is 96.8 Å². The molecule has 32 heavy (non-hydrogen) atoms. The van der Waals surface area contributed by atoms with Crippen molar-refractivity contribution >= 4 is 17.9 Å². The Balaban J connectivity index is 0. The summed E-state index contributed by atoms with van der Waals surface area (Å²) in [5.41, 5.74) is 0. The summed E-state index contributed by atoms with van der Waals surface area (Å²) >= 11 is 0. The van der Waals surface area contributed by atoms with Crippen molar-refractivity contribution in [2.75, 3.05) is 14.2 Å². The van der Waals surface area contributed by atoms with Crippen LogP contribution in [-0.4, -0.2) is 32.1 Å². The second kappa shape index (κ2) is 26.7. The summed E-state index contributed by atoms with van der Waals surface area (Å²) < 4.78 is 13.1. The number of carbonyl (C=O) groups is 3. The number of esters is 3. The first-order valence-corrected chi connectivity index (χ1v) is 11.8. The van der Waals surface area contributed by atoms with Gasteiger partial charge in [0.2, 0.25) is 0 Å². The van der Waals surface area contributed by atoms with Crippen molar-refractivity contribution in [3.8, 4) is 0 Å². The first-order chi connectivity index (χ1) is 15.5. The lowest BCUT2D eigenvalue weighted by atomic mass is 10.1. The topological polar surface area (TPSA) is 78.9 Å². The van der Waals surface area contributed by atoms with E-state index in [9.17, 15) is 14.4 Å². The maximum absolute atomic E-state index is 11.1. The second-order valence-corrected chi connectivity index (χ2v) is 7.37. The number of hydrogen-bond acceptors (Lipinski definition) is 6. The van der Waals surface area contributed by atoms with Gasteiger partial charge in [0.25, 0.3) is 0 Å². The minimum Gasteiger partial charge on any atom is -0.466 e. The quantitative estimate of drug-likeness (QED) is 0.0582. The fraction of sp³-hybridized carbons (Fsp3) is 0.654. The van der Waals surface area contributed by atoms with E-state index < -0.39 is 11.9 Å². The van der Waals surface area contributed by atoms with Crippen molar-refractivity contribution in [2.45, 2.75) is 96.8 Å². The lowest BCUT2D eigenvalue weighted by Gasteiger charge is -2.00. The summed E-state index contributed by atoms with van der Waals surface area (Å²) in [6.45, 7) is 5.64. The van der Waals surface area contributed by atoms with Crippen molar-refractivity contribution in [3.05, 3.63) is 37.1 Å². The third kappa shape index (κ3) is 27.6. The molecule has 0 N–H and O–H groups in total. The van der Waals surface area contributed by atoms with Crippen LogP contribution in [0.25, 0.3) is 0 Å². The molecule has 184 valence electrons. The zero-order chi connectivity index (χ0) is 24.3. The summed E-state index contributed by atoms with van der Waals surface area (Å²) in [6.07, 6.45) is 24.9. The molecule has 6 nitrogen and oxygen atoms in total. The van der Waals surface area contributed by atoms with Crippen LogP contribution >= 0.6 is 0 Å². The van der Waals surface area contributed by atoms with Crippen LogP contribution in [-0.2, 0) is 28.6 Å². The number of allylic oxidation sites excluding steroid dienone is 2. The van der Waals surface area contributed by atoms with Crippen LogP contribution in [0.3, 0.4) is 0 Å². The minimum absolute atomic E-state index is 0.160. The van der Waals surface area contributed by atoms with Crippen LogP contribution in [0.15, 0.2) is 37.1 Å². The highest BCUT2D eigenvalue weighted by atomic mass is 16.5. The molecular weight excluding hydrogens is 408 g/mol. The maximum Gasteiger partial charge on any atom is 0.330 e. The van der Waals surface area contributed by atoms with E-state index in [0.29, 0.717) is 6.42 Å². The lowest BCUT2D eigenvalue weighted by molar-refractivity contribution is -0.138. The third-order valence-electron chi connectivity index (χ3n) is 4.62. The fourth-order valence-electron chi connectivity index (χ4n) is 2.76. The SMILES string of the molecule is C=COC(=O)CCCCCCCC=CCCCCCCCC.COC(=O)C=CC(=O)OC. The Morgan fingerprint density at radius 1 is 0.688 bits per heavy atom. The van der Waals surface area contributed by atoms with Gasteiger partial charge in [-0.1, -0.05) is 77.0 Å². The van der Waals surface area contributed by atoms with E-state index >= 15 is 0 Å². The molecule has 0 atom stereocenters. The number of hydrogen-bond donors (Lipinski definition) is 0. The molecule has 0 aliphatic heterocycles. The maximum atomic E-state index is 11.1. The number of rotatable bonds is 18. The Morgan fingerprint density at radius 2 is 1.12 bits per heavy atom. The van der Waals surface area contributed by atoms with E-state index in [0.717, 1.165) is 25.0 Å². The van der Waals surface area contributed by atoms with Crippen molar-refractivity contribution in [2.24, 2.45) is 0 Å². The van der Waals surface area contributed by atoms with Crippen LogP contribution in [0.2, 0.25) is 0 Å². The monoisotopic (exact) mass is 452 g/mol. The van der Waals surface area contributed by atoms with Gasteiger partial charge in [-0.2, -0.15) is 0 Å². The molecule has 0 saturated heterocycles. The molecule has 0 fully saturated rings. The normalized spacial score (nSPS) is 10.5. The minimum atomic E-state index is -0.578. The molecule has 0 aromatic rings. The van der Waals surface area contributed by atoms with Crippen molar-refractivity contribution in [3.63, 3.8) is 0 Å². The van der Waals surface area contributed by atoms with E-state index in [1.54, 1.807) is 0 Å². The van der Waals surface area contributed by atoms with Gasteiger partial charge < -0.3 is 14.2 Å². The van der Waals surface area contributed by atoms with E-state index in [1.165, 1.54) is 91.1 Å². The zero-order valence-corrected chi connectivity index (χ0v) is 20.4. The van der Waals surface area contributed by atoms with Crippen LogP contribution in [0.5, 0.6) is 0 Å². The molecule has 0 aliphatic carbocycles. The standard InChI is InChI=1S/C20H36O2.C6H8O4/c1-3-5-6-7-8-9-10-11-12-13-14-15-16-17-18-19-20(21)22-4-2;1-9-5(7)3-4-6(8)10-2/h4,11-12H,2-3,5-10,13-19H2,1H3;3-4H,1-2H3. The molecule has 0 radical (unpaired) electrons. The Hall–Kier alpha value is -2.37. The molecule has 0 heterocycles. The van der Waals surface area contributed by atoms with Crippen LogP contribution in [0.4, 0.5) is 0 Å². The molecule has 0 aromatic carbocycles.